The molecule has 2 atom stereocenters. The molecule has 2 rings (SSSR count). The lowest BCUT2D eigenvalue weighted by Gasteiger charge is -2.34. The first-order valence-electron chi connectivity index (χ1n) is 5.32. The monoisotopic (exact) mass is 210 g/mol. The van der Waals surface area contributed by atoms with E-state index in [1.165, 1.54) is 0 Å². The maximum Gasteiger partial charge on any atom is 0.123 e. The number of nitrogens with zero attached hydrogens (tertiary/aromatic N) is 1. The Hall–Kier alpha value is -0.840. The Morgan fingerprint density at radius 2 is 2.47 bits per heavy atom. The van der Waals surface area contributed by atoms with Gasteiger partial charge in [-0.25, -0.2) is 0 Å². The quantitative estimate of drug-likeness (QED) is 0.803. The Kier molecular flexibility index (Phi) is 3.41. The molecule has 4 nitrogen and oxygen atoms in total. The number of hydrogen-bond donors (Lipinski definition) is 1. The normalized spacial score (nSPS) is 25.3. The second-order valence-electron chi connectivity index (χ2n) is 3.95. The third kappa shape index (κ3) is 2.40. The van der Waals surface area contributed by atoms with Crippen LogP contribution in [0, 0.1) is 0 Å². The van der Waals surface area contributed by atoms with Gasteiger partial charge in [-0.2, -0.15) is 0 Å². The van der Waals surface area contributed by atoms with E-state index in [2.05, 4.69) is 17.3 Å². The minimum Gasteiger partial charge on any atom is -0.468 e. The van der Waals surface area contributed by atoms with Gasteiger partial charge in [0.05, 0.1) is 25.0 Å². The molecule has 15 heavy (non-hydrogen) atoms. The minimum atomic E-state index is 0.141. The van der Waals surface area contributed by atoms with Gasteiger partial charge in [0.15, 0.2) is 0 Å². The van der Waals surface area contributed by atoms with Crippen LogP contribution < -0.4 is 5.32 Å². The van der Waals surface area contributed by atoms with E-state index in [9.17, 15) is 0 Å². The average molecular weight is 210 g/mol. The summed E-state index contributed by atoms with van der Waals surface area (Å²) in [5.74, 6) is 0.942. The lowest BCUT2D eigenvalue weighted by molar-refractivity contribution is -0.0414. The lowest BCUT2D eigenvalue weighted by atomic mass is 10.1. The zero-order chi connectivity index (χ0) is 10.7. The van der Waals surface area contributed by atoms with Gasteiger partial charge >= 0.3 is 0 Å². The van der Waals surface area contributed by atoms with Crippen molar-refractivity contribution in [3.05, 3.63) is 24.2 Å². The fraction of sp³-hybridized carbons (Fsp3) is 0.636. The molecule has 0 aromatic carbocycles. The highest BCUT2D eigenvalue weighted by Crippen LogP contribution is 2.21. The van der Waals surface area contributed by atoms with Gasteiger partial charge in [-0.15, -0.1) is 0 Å². The summed E-state index contributed by atoms with van der Waals surface area (Å²) in [6, 6.07) is 4.04. The molecule has 4 heteroatoms. The highest BCUT2D eigenvalue weighted by molar-refractivity contribution is 5.07. The van der Waals surface area contributed by atoms with Crippen LogP contribution in [-0.2, 0) is 4.74 Å². The lowest BCUT2D eigenvalue weighted by Crippen LogP contribution is -2.45. The number of rotatable bonds is 3. The van der Waals surface area contributed by atoms with Crippen LogP contribution >= 0.6 is 0 Å². The highest BCUT2D eigenvalue weighted by Gasteiger charge is 2.28. The molecule has 1 saturated heterocycles. The summed E-state index contributed by atoms with van der Waals surface area (Å²) in [6.45, 7) is 2.73. The maximum atomic E-state index is 5.76. The number of ether oxygens (including phenoxy) is 1. The van der Waals surface area contributed by atoms with Crippen LogP contribution in [0.1, 0.15) is 11.8 Å². The van der Waals surface area contributed by atoms with Crippen molar-refractivity contribution in [1.29, 1.82) is 0 Å². The smallest absolute Gasteiger partial charge is 0.123 e. The maximum absolute atomic E-state index is 5.76. The standard InChI is InChI=1S/C11H18N2O2/c1-12-11(9-4-3-6-14-9)10-8-13(2)5-7-15-10/h3-4,6,10-12H,5,7-8H2,1-2H3. The summed E-state index contributed by atoms with van der Waals surface area (Å²) in [5, 5.41) is 3.25. The van der Waals surface area contributed by atoms with E-state index in [0.717, 1.165) is 25.5 Å². The van der Waals surface area contributed by atoms with Gasteiger partial charge in [0.25, 0.3) is 0 Å². The highest BCUT2D eigenvalue weighted by atomic mass is 16.5. The van der Waals surface area contributed by atoms with Crippen molar-refractivity contribution in [3.8, 4) is 0 Å². The van der Waals surface area contributed by atoms with E-state index in [0.29, 0.717) is 0 Å². The first kappa shape index (κ1) is 10.7. The van der Waals surface area contributed by atoms with E-state index >= 15 is 0 Å². The van der Waals surface area contributed by atoms with Crippen molar-refractivity contribution in [1.82, 2.24) is 10.2 Å². The molecule has 1 aromatic rings. The van der Waals surface area contributed by atoms with Crippen LogP contribution in [0.5, 0.6) is 0 Å². The van der Waals surface area contributed by atoms with Crippen LogP contribution in [0.4, 0.5) is 0 Å². The average Bonchev–Trinajstić information content (AvgIpc) is 2.72. The van der Waals surface area contributed by atoms with Crippen LogP contribution in [0.25, 0.3) is 0 Å². The zero-order valence-electron chi connectivity index (χ0n) is 9.27. The second-order valence-corrected chi connectivity index (χ2v) is 3.95. The fourth-order valence-corrected chi connectivity index (χ4v) is 1.99. The van der Waals surface area contributed by atoms with Crippen molar-refractivity contribution in [2.75, 3.05) is 33.8 Å². The molecule has 0 aliphatic carbocycles. The second kappa shape index (κ2) is 4.79. The van der Waals surface area contributed by atoms with Gasteiger partial charge in [0, 0.05) is 13.1 Å². The number of hydrogen-bond acceptors (Lipinski definition) is 4. The zero-order valence-corrected chi connectivity index (χ0v) is 9.27. The third-order valence-electron chi connectivity index (χ3n) is 2.83. The van der Waals surface area contributed by atoms with Gasteiger partial charge in [0.1, 0.15) is 5.76 Å². The van der Waals surface area contributed by atoms with Crippen LogP contribution in [0.2, 0.25) is 0 Å². The number of furan rings is 1. The first-order chi connectivity index (χ1) is 7.31. The Morgan fingerprint density at radius 1 is 1.60 bits per heavy atom. The van der Waals surface area contributed by atoms with E-state index in [1.807, 2.05) is 19.2 Å². The number of morpholine rings is 1. The molecule has 2 heterocycles. The van der Waals surface area contributed by atoms with Crippen molar-refractivity contribution in [3.63, 3.8) is 0 Å². The number of nitrogens with one attached hydrogen (secondary N) is 1. The van der Waals surface area contributed by atoms with Crippen molar-refractivity contribution in [2.24, 2.45) is 0 Å². The predicted molar refractivity (Wildman–Crippen MR) is 57.7 cm³/mol. The molecule has 2 unspecified atom stereocenters. The molecule has 84 valence electrons. The Balaban J connectivity index is 2.06. The summed E-state index contributed by atoms with van der Waals surface area (Å²) in [7, 11) is 4.05. The van der Waals surface area contributed by atoms with Gasteiger partial charge in [-0.3, -0.25) is 0 Å². The van der Waals surface area contributed by atoms with Gasteiger partial charge in [0.2, 0.25) is 0 Å². The van der Waals surface area contributed by atoms with Crippen molar-refractivity contribution >= 4 is 0 Å². The van der Waals surface area contributed by atoms with Crippen molar-refractivity contribution < 1.29 is 9.15 Å². The Bertz CT molecular complexity index is 287. The summed E-state index contributed by atoms with van der Waals surface area (Å²) >= 11 is 0. The van der Waals surface area contributed by atoms with Crippen molar-refractivity contribution in [2.45, 2.75) is 12.1 Å². The molecule has 0 bridgehead atoms. The molecule has 1 aliphatic rings. The molecule has 1 aromatic heterocycles. The molecule has 1 fully saturated rings. The molecule has 0 spiro atoms. The number of likely N-dealkylation sites (N-methyl/N-ethyl adjacent to an activating group) is 2. The van der Waals surface area contributed by atoms with E-state index in [1.54, 1.807) is 6.26 Å². The summed E-state index contributed by atoms with van der Waals surface area (Å²) in [5.41, 5.74) is 0. The van der Waals surface area contributed by atoms with E-state index < -0.39 is 0 Å². The summed E-state index contributed by atoms with van der Waals surface area (Å²) in [4.78, 5) is 2.28. The predicted octanol–water partition coefficient (Wildman–Crippen LogP) is 0.871. The third-order valence-corrected chi connectivity index (χ3v) is 2.83. The van der Waals surface area contributed by atoms with E-state index in [4.69, 9.17) is 9.15 Å². The van der Waals surface area contributed by atoms with Crippen LogP contribution in [0.3, 0.4) is 0 Å². The van der Waals surface area contributed by atoms with Crippen LogP contribution in [-0.4, -0.2) is 44.8 Å². The molecule has 0 radical (unpaired) electrons. The Labute approximate surface area is 90.2 Å². The van der Waals surface area contributed by atoms with Gasteiger partial charge < -0.3 is 19.4 Å². The Morgan fingerprint density at radius 3 is 3.07 bits per heavy atom. The van der Waals surface area contributed by atoms with Crippen LogP contribution in [0.15, 0.2) is 22.8 Å². The largest absolute Gasteiger partial charge is 0.468 e. The summed E-state index contributed by atoms with van der Waals surface area (Å²) in [6.07, 6.45) is 1.87. The minimum absolute atomic E-state index is 0.141. The molecule has 0 amide bonds. The van der Waals surface area contributed by atoms with Gasteiger partial charge in [-0.05, 0) is 26.2 Å². The van der Waals surface area contributed by atoms with Gasteiger partial charge in [-0.1, -0.05) is 0 Å². The fourth-order valence-electron chi connectivity index (χ4n) is 1.99. The topological polar surface area (TPSA) is 37.6 Å². The molecular weight excluding hydrogens is 192 g/mol. The summed E-state index contributed by atoms with van der Waals surface area (Å²) < 4.78 is 11.2. The molecule has 0 saturated carbocycles. The first-order valence-corrected chi connectivity index (χ1v) is 5.32. The SMILES string of the molecule is CNC(c1ccco1)C1CN(C)CCO1. The molecular formula is C11H18N2O2. The molecule has 1 aliphatic heterocycles. The molecule has 1 N–H and O–H groups in total. The van der Waals surface area contributed by atoms with E-state index in [-0.39, 0.29) is 12.1 Å².